The lowest BCUT2D eigenvalue weighted by Crippen LogP contribution is -2.04. The Hall–Kier alpha value is -2.13. The molecule has 1 N–H and O–H groups in total. The lowest BCUT2D eigenvalue weighted by atomic mass is 10.1. The molecule has 0 spiro atoms. The lowest BCUT2D eigenvalue weighted by molar-refractivity contribution is 0.528. The van der Waals surface area contributed by atoms with Crippen LogP contribution in [0.4, 0.5) is 0 Å². The Morgan fingerprint density at radius 3 is 2.65 bits per heavy atom. The molecule has 3 heteroatoms. The van der Waals surface area contributed by atoms with Crippen molar-refractivity contribution in [3.8, 4) is 0 Å². The molecule has 0 aliphatic heterocycles. The van der Waals surface area contributed by atoms with E-state index in [1.807, 2.05) is 19.2 Å². The van der Waals surface area contributed by atoms with E-state index in [4.69, 9.17) is 4.42 Å². The fraction of sp³-hybridized carbons (Fsp3) is 0.235. The molecule has 0 saturated carbocycles. The van der Waals surface area contributed by atoms with Crippen molar-refractivity contribution in [3.63, 3.8) is 0 Å². The van der Waals surface area contributed by atoms with E-state index in [2.05, 4.69) is 46.7 Å². The normalized spacial score (nSPS) is 11.1. The molecule has 0 unspecified atom stereocenters. The van der Waals surface area contributed by atoms with E-state index >= 15 is 0 Å². The molecule has 0 amide bonds. The van der Waals surface area contributed by atoms with Crippen LogP contribution in [0.3, 0.4) is 0 Å². The third kappa shape index (κ3) is 2.89. The third-order valence-corrected chi connectivity index (χ3v) is 3.35. The van der Waals surface area contributed by atoms with Crippen molar-refractivity contribution >= 4 is 11.1 Å². The SMILES string of the molecule is CNCc1ccc2nc(CCc3ccccc3)oc2c1. The van der Waals surface area contributed by atoms with E-state index in [9.17, 15) is 0 Å². The Bertz CT molecular complexity index is 689. The van der Waals surface area contributed by atoms with Gasteiger partial charge in [0.25, 0.3) is 0 Å². The van der Waals surface area contributed by atoms with E-state index in [1.54, 1.807) is 0 Å². The van der Waals surface area contributed by atoms with E-state index in [0.717, 1.165) is 36.4 Å². The number of nitrogens with zero attached hydrogens (tertiary/aromatic N) is 1. The van der Waals surface area contributed by atoms with Crippen molar-refractivity contribution < 1.29 is 4.42 Å². The summed E-state index contributed by atoms with van der Waals surface area (Å²) in [4.78, 5) is 4.54. The highest BCUT2D eigenvalue weighted by atomic mass is 16.3. The van der Waals surface area contributed by atoms with E-state index in [-0.39, 0.29) is 0 Å². The van der Waals surface area contributed by atoms with Crippen LogP contribution < -0.4 is 5.32 Å². The number of fused-ring (bicyclic) bond motifs is 1. The summed E-state index contributed by atoms with van der Waals surface area (Å²) in [6.07, 6.45) is 1.79. The van der Waals surface area contributed by atoms with E-state index in [1.165, 1.54) is 11.1 Å². The predicted octanol–water partition coefficient (Wildman–Crippen LogP) is 3.33. The number of hydrogen-bond donors (Lipinski definition) is 1. The minimum atomic E-state index is 0.811. The van der Waals surface area contributed by atoms with Crippen molar-refractivity contribution in [2.24, 2.45) is 0 Å². The molecule has 0 saturated heterocycles. The van der Waals surface area contributed by atoms with Gasteiger partial charge in [-0.25, -0.2) is 4.98 Å². The molecule has 102 valence electrons. The Morgan fingerprint density at radius 1 is 1.00 bits per heavy atom. The Morgan fingerprint density at radius 2 is 1.85 bits per heavy atom. The van der Waals surface area contributed by atoms with Gasteiger partial charge in [-0.3, -0.25) is 0 Å². The maximum Gasteiger partial charge on any atom is 0.195 e. The van der Waals surface area contributed by atoms with Crippen molar-refractivity contribution in [3.05, 3.63) is 65.5 Å². The molecular formula is C17H18N2O. The first-order valence-electron chi connectivity index (χ1n) is 6.92. The van der Waals surface area contributed by atoms with Gasteiger partial charge in [-0.05, 0) is 36.7 Å². The first-order chi connectivity index (χ1) is 9.85. The minimum absolute atomic E-state index is 0.811. The Labute approximate surface area is 118 Å². The topological polar surface area (TPSA) is 38.1 Å². The number of nitrogens with one attached hydrogen (secondary N) is 1. The summed E-state index contributed by atoms with van der Waals surface area (Å²) in [5.41, 5.74) is 4.34. The predicted molar refractivity (Wildman–Crippen MR) is 80.6 cm³/mol. The Balaban J connectivity index is 1.75. The molecule has 3 rings (SSSR count). The number of rotatable bonds is 5. The van der Waals surface area contributed by atoms with Crippen LogP contribution in [0.2, 0.25) is 0 Å². The van der Waals surface area contributed by atoms with Crippen LogP contribution in [0.15, 0.2) is 52.9 Å². The monoisotopic (exact) mass is 266 g/mol. The minimum Gasteiger partial charge on any atom is -0.441 e. The lowest BCUT2D eigenvalue weighted by Gasteiger charge is -1.97. The fourth-order valence-electron chi connectivity index (χ4n) is 2.33. The highest BCUT2D eigenvalue weighted by Crippen LogP contribution is 2.18. The molecule has 3 aromatic rings. The molecule has 2 aromatic carbocycles. The fourth-order valence-corrected chi connectivity index (χ4v) is 2.33. The molecule has 1 heterocycles. The number of oxazole rings is 1. The van der Waals surface area contributed by atoms with Gasteiger partial charge < -0.3 is 9.73 Å². The maximum absolute atomic E-state index is 5.84. The van der Waals surface area contributed by atoms with Gasteiger partial charge in [0.15, 0.2) is 11.5 Å². The molecular weight excluding hydrogens is 248 g/mol. The van der Waals surface area contributed by atoms with Crippen LogP contribution in [0.25, 0.3) is 11.1 Å². The largest absolute Gasteiger partial charge is 0.441 e. The highest BCUT2D eigenvalue weighted by molar-refractivity contribution is 5.73. The molecule has 0 radical (unpaired) electrons. The highest BCUT2D eigenvalue weighted by Gasteiger charge is 2.06. The van der Waals surface area contributed by atoms with Gasteiger partial charge in [0, 0.05) is 13.0 Å². The van der Waals surface area contributed by atoms with Gasteiger partial charge >= 0.3 is 0 Å². The molecule has 0 aliphatic carbocycles. The van der Waals surface area contributed by atoms with Gasteiger partial charge in [0.1, 0.15) is 5.52 Å². The summed E-state index contributed by atoms with van der Waals surface area (Å²) in [5.74, 6) is 0.811. The quantitative estimate of drug-likeness (QED) is 0.769. The third-order valence-electron chi connectivity index (χ3n) is 3.35. The number of aromatic nitrogens is 1. The average Bonchev–Trinajstić information content (AvgIpc) is 2.89. The zero-order chi connectivity index (χ0) is 13.8. The molecule has 0 bridgehead atoms. The second-order valence-corrected chi connectivity index (χ2v) is 4.93. The standard InChI is InChI=1S/C17H18N2O/c1-18-12-14-7-9-15-16(11-14)20-17(19-15)10-8-13-5-3-2-4-6-13/h2-7,9,11,18H,8,10,12H2,1H3. The number of aryl methyl sites for hydroxylation is 2. The smallest absolute Gasteiger partial charge is 0.195 e. The molecule has 3 nitrogen and oxygen atoms in total. The maximum atomic E-state index is 5.84. The van der Waals surface area contributed by atoms with Crippen molar-refractivity contribution in [2.45, 2.75) is 19.4 Å². The summed E-state index contributed by atoms with van der Waals surface area (Å²) in [5, 5.41) is 3.14. The summed E-state index contributed by atoms with van der Waals surface area (Å²) >= 11 is 0. The van der Waals surface area contributed by atoms with Crippen LogP contribution in [0.5, 0.6) is 0 Å². The van der Waals surface area contributed by atoms with Gasteiger partial charge in [-0.2, -0.15) is 0 Å². The number of benzene rings is 2. The van der Waals surface area contributed by atoms with Crippen molar-refractivity contribution in [2.75, 3.05) is 7.05 Å². The Kier molecular flexibility index (Phi) is 3.79. The molecule has 0 atom stereocenters. The van der Waals surface area contributed by atoms with Gasteiger partial charge in [-0.1, -0.05) is 36.4 Å². The summed E-state index contributed by atoms with van der Waals surface area (Å²) in [7, 11) is 1.94. The summed E-state index contributed by atoms with van der Waals surface area (Å²) in [6, 6.07) is 16.6. The second-order valence-electron chi connectivity index (χ2n) is 4.93. The molecule has 1 aromatic heterocycles. The summed E-state index contributed by atoms with van der Waals surface area (Å²) < 4.78 is 5.84. The number of hydrogen-bond acceptors (Lipinski definition) is 3. The van der Waals surface area contributed by atoms with Crippen molar-refractivity contribution in [1.29, 1.82) is 0 Å². The molecule has 20 heavy (non-hydrogen) atoms. The van der Waals surface area contributed by atoms with E-state index in [0.29, 0.717) is 0 Å². The van der Waals surface area contributed by atoms with Crippen LogP contribution in [-0.2, 0) is 19.4 Å². The van der Waals surface area contributed by atoms with Crippen LogP contribution >= 0.6 is 0 Å². The van der Waals surface area contributed by atoms with Gasteiger partial charge in [0.05, 0.1) is 0 Å². The zero-order valence-electron chi connectivity index (χ0n) is 11.6. The van der Waals surface area contributed by atoms with Crippen molar-refractivity contribution in [1.82, 2.24) is 10.3 Å². The summed E-state index contributed by atoms with van der Waals surface area (Å²) in [6.45, 7) is 0.843. The van der Waals surface area contributed by atoms with Gasteiger partial charge in [-0.15, -0.1) is 0 Å². The first-order valence-corrected chi connectivity index (χ1v) is 6.92. The van der Waals surface area contributed by atoms with E-state index < -0.39 is 0 Å². The zero-order valence-corrected chi connectivity index (χ0v) is 11.6. The van der Waals surface area contributed by atoms with Gasteiger partial charge in [0.2, 0.25) is 0 Å². The molecule has 0 fully saturated rings. The average molecular weight is 266 g/mol. The molecule has 0 aliphatic rings. The first kappa shape index (κ1) is 12.9. The van der Waals surface area contributed by atoms with Crippen LogP contribution in [0.1, 0.15) is 17.0 Å². The second kappa shape index (κ2) is 5.88. The van der Waals surface area contributed by atoms with Crippen LogP contribution in [0, 0.1) is 0 Å². The van der Waals surface area contributed by atoms with Crippen LogP contribution in [-0.4, -0.2) is 12.0 Å².